The van der Waals surface area contributed by atoms with E-state index in [0.29, 0.717) is 13.0 Å². The van der Waals surface area contributed by atoms with Gasteiger partial charge in [0.1, 0.15) is 0 Å². The minimum atomic E-state index is 0.120. The molecule has 2 aromatic rings. The lowest BCUT2D eigenvalue weighted by molar-refractivity contribution is -0.132. The average Bonchev–Trinajstić information content (AvgIpc) is 3.22. The van der Waals surface area contributed by atoms with Crippen molar-refractivity contribution in [3.8, 4) is 0 Å². The van der Waals surface area contributed by atoms with Crippen LogP contribution in [-0.4, -0.2) is 40.3 Å². The Labute approximate surface area is 167 Å². The molecule has 1 aromatic heterocycles. The second-order valence-electron chi connectivity index (χ2n) is 8.22. The van der Waals surface area contributed by atoms with Crippen LogP contribution >= 0.6 is 0 Å². The van der Waals surface area contributed by atoms with E-state index in [9.17, 15) is 4.79 Å². The third-order valence-corrected chi connectivity index (χ3v) is 6.29. The summed E-state index contributed by atoms with van der Waals surface area (Å²) in [6.45, 7) is 8.11. The first kappa shape index (κ1) is 18.9. The van der Waals surface area contributed by atoms with Gasteiger partial charge < -0.3 is 9.64 Å². The van der Waals surface area contributed by atoms with E-state index in [4.69, 9.17) is 4.74 Å². The van der Waals surface area contributed by atoms with Crippen LogP contribution in [0, 0.1) is 6.92 Å². The Bertz CT molecular complexity index is 878. The number of amides is 1. The van der Waals surface area contributed by atoms with Crippen LogP contribution in [-0.2, 0) is 28.4 Å². The molecular formula is C23H29N3O2. The molecule has 1 saturated heterocycles. The first-order valence-corrected chi connectivity index (χ1v) is 10.1. The number of fused-ring (bicyclic) bond motifs is 2. The van der Waals surface area contributed by atoms with Crippen molar-refractivity contribution in [3.63, 3.8) is 0 Å². The maximum absolute atomic E-state index is 12.7. The molecule has 0 radical (unpaired) electrons. The van der Waals surface area contributed by atoms with E-state index in [1.807, 2.05) is 30.3 Å². The van der Waals surface area contributed by atoms with Gasteiger partial charge in [0.25, 0.3) is 0 Å². The van der Waals surface area contributed by atoms with Gasteiger partial charge in [-0.05, 0) is 43.4 Å². The van der Waals surface area contributed by atoms with Crippen LogP contribution in [0.4, 0.5) is 0 Å². The maximum Gasteiger partial charge on any atom is 0.228 e. The van der Waals surface area contributed by atoms with Crippen molar-refractivity contribution in [2.75, 3.05) is 19.7 Å². The summed E-state index contributed by atoms with van der Waals surface area (Å²) < 4.78 is 7.84. The number of likely N-dealkylation sites (tertiary alicyclic amines) is 1. The number of aromatic nitrogens is 2. The number of rotatable bonds is 5. The Hall–Kier alpha value is -2.40. The molecular weight excluding hydrogens is 350 g/mol. The topological polar surface area (TPSA) is 47.4 Å². The molecule has 0 unspecified atom stereocenters. The highest BCUT2D eigenvalue weighted by Crippen LogP contribution is 2.52. The van der Waals surface area contributed by atoms with Crippen LogP contribution in [0.1, 0.15) is 47.8 Å². The van der Waals surface area contributed by atoms with Crippen LogP contribution in [0.15, 0.2) is 43.1 Å². The molecule has 148 valence electrons. The molecule has 28 heavy (non-hydrogen) atoms. The molecule has 1 fully saturated rings. The summed E-state index contributed by atoms with van der Waals surface area (Å²) in [5.41, 5.74) is 5.00. The summed E-state index contributed by atoms with van der Waals surface area (Å²) in [5.74, 6) is 0.176. The maximum atomic E-state index is 12.7. The van der Waals surface area contributed by atoms with Gasteiger partial charge in [-0.25, -0.2) is 0 Å². The minimum absolute atomic E-state index is 0.120. The van der Waals surface area contributed by atoms with Crippen LogP contribution in [0.25, 0.3) is 0 Å². The zero-order valence-corrected chi connectivity index (χ0v) is 16.9. The van der Waals surface area contributed by atoms with Gasteiger partial charge in [-0.2, -0.15) is 5.10 Å². The fraction of sp³-hybridized carbons (Fsp3) is 0.478. The normalized spacial score (nSPS) is 20.4. The van der Waals surface area contributed by atoms with Gasteiger partial charge in [0.15, 0.2) is 0 Å². The Kier molecular flexibility index (Phi) is 5.11. The van der Waals surface area contributed by atoms with Gasteiger partial charge in [-0.15, -0.1) is 6.58 Å². The molecule has 4 rings (SSSR count). The number of carbonyl (C=O) groups is 1. The van der Waals surface area contributed by atoms with E-state index >= 15 is 0 Å². The summed E-state index contributed by atoms with van der Waals surface area (Å²) in [6, 6.07) is 8.65. The number of hydrogen-bond donors (Lipinski definition) is 0. The molecule has 2 aliphatic rings. The molecule has 5 nitrogen and oxygen atoms in total. The summed E-state index contributed by atoms with van der Waals surface area (Å²) in [5, 5.41) is 4.34. The van der Waals surface area contributed by atoms with E-state index in [1.165, 1.54) is 16.7 Å². The number of aryl methyl sites for hydroxylation is 2. The third-order valence-electron chi connectivity index (χ3n) is 6.29. The molecule has 5 heteroatoms. The van der Waals surface area contributed by atoms with Gasteiger partial charge in [0.05, 0.1) is 24.8 Å². The van der Waals surface area contributed by atoms with Crippen molar-refractivity contribution < 1.29 is 9.53 Å². The second kappa shape index (κ2) is 7.55. The van der Waals surface area contributed by atoms with Crippen molar-refractivity contribution in [1.29, 1.82) is 0 Å². The number of nitrogens with zero attached hydrogens (tertiary/aromatic N) is 3. The lowest BCUT2D eigenvalue weighted by atomic mass is 9.73. The Morgan fingerprint density at radius 1 is 1.36 bits per heavy atom. The van der Waals surface area contributed by atoms with Crippen LogP contribution in [0.5, 0.6) is 0 Å². The van der Waals surface area contributed by atoms with Gasteiger partial charge in [-0.3, -0.25) is 9.48 Å². The average molecular weight is 380 g/mol. The van der Waals surface area contributed by atoms with E-state index in [-0.39, 0.29) is 17.4 Å². The molecule has 0 N–H and O–H groups in total. The zero-order chi connectivity index (χ0) is 19.7. The molecule has 1 spiro atoms. The predicted octanol–water partition coefficient (Wildman–Crippen LogP) is 3.48. The van der Waals surface area contributed by atoms with E-state index < -0.39 is 0 Å². The summed E-state index contributed by atoms with van der Waals surface area (Å²) in [7, 11) is 1.88. The molecule has 1 aliphatic carbocycles. The fourth-order valence-corrected chi connectivity index (χ4v) is 4.80. The summed E-state index contributed by atoms with van der Waals surface area (Å²) in [6.07, 6.45) is 7.20. The summed E-state index contributed by atoms with van der Waals surface area (Å²) in [4.78, 5) is 14.7. The highest BCUT2D eigenvalue weighted by atomic mass is 16.5. The van der Waals surface area contributed by atoms with Crippen LogP contribution in [0.2, 0.25) is 0 Å². The molecule has 2 heterocycles. The Balaban J connectivity index is 1.48. The largest absolute Gasteiger partial charge is 0.369 e. The monoisotopic (exact) mass is 379 g/mol. The van der Waals surface area contributed by atoms with Crippen molar-refractivity contribution in [1.82, 2.24) is 14.7 Å². The van der Waals surface area contributed by atoms with E-state index in [2.05, 4.69) is 36.8 Å². The SMILES string of the molecule is C=CCO[C@H]1CC2(CCN(C(=O)Cc3ccn(C)n3)CC2)c2cc(C)ccc21. The van der Waals surface area contributed by atoms with E-state index in [0.717, 1.165) is 38.0 Å². The van der Waals surface area contributed by atoms with Crippen molar-refractivity contribution >= 4 is 5.91 Å². The van der Waals surface area contributed by atoms with Gasteiger partial charge in [0, 0.05) is 31.7 Å². The first-order valence-electron chi connectivity index (χ1n) is 10.1. The lowest BCUT2D eigenvalue weighted by Gasteiger charge is -2.40. The second-order valence-corrected chi connectivity index (χ2v) is 8.22. The van der Waals surface area contributed by atoms with Gasteiger partial charge in [0.2, 0.25) is 5.91 Å². The van der Waals surface area contributed by atoms with E-state index in [1.54, 1.807) is 4.68 Å². The lowest BCUT2D eigenvalue weighted by Crippen LogP contribution is -2.45. The Morgan fingerprint density at radius 3 is 2.82 bits per heavy atom. The molecule has 0 saturated carbocycles. The zero-order valence-electron chi connectivity index (χ0n) is 16.9. The number of piperidine rings is 1. The van der Waals surface area contributed by atoms with Gasteiger partial charge >= 0.3 is 0 Å². The highest BCUT2D eigenvalue weighted by molar-refractivity contribution is 5.78. The van der Waals surface area contributed by atoms with Crippen molar-refractivity contribution in [3.05, 3.63) is 65.5 Å². The number of hydrogen-bond acceptors (Lipinski definition) is 3. The number of ether oxygens (including phenoxy) is 1. The molecule has 1 aromatic carbocycles. The quantitative estimate of drug-likeness (QED) is 0.748. The molecule has 0 bridgehead atoms. The number of benzene rings is 1. The fourth-order valence-electron chi connectivity index (χ4n) is 4.80. The number of carbonyl (C=O) groups excluding carboxylic acids is 1. The predicted molar refractivity (Wildman–Crippen MR) is 109 cm³/mol. The summed E-state index contributed by atoms with van der Waals surface area (Å²) >= 11 is 0. The molecule has 1 atom stereocenters. The van der Waals surface area contributed by atoms with Crippen molar-refractivity contribution in [2.45, 2.75) is 44.1 Å². The van der Waals surface area contributed by atoms with Crippen molar-refractivity contribution in [2.24, 2.45) is 7.05 Å². The third kappa shape index (κ3) is 3.51. The van der Waals surface area contributed by atoms with Crippen LogP contribution in [0.3, 0.4) is 0 Å². The standard InChI is InChI=1S/C23H29N3O2/c1-4-13-28-21-16-23(20-14-17(2)5-6-19(20)21)8-11-26(12-9-23)22(27)15-18-7-10-25(3)24-18/h4-7,10,14,21H,1,8-9,11-13,15-16H2,2-3H3/t21-/m0/s1. The smallest absolute Gasteiger partial charge is 0.228 e. The van der Waals surface area contributed by atoms with Crippen LogP contribution < -0.4 is 0 Å². The first-order chi connectivity index (χ1) is 13.5. The molecule has 1 amide bonds. The van der Waals surface area contributed by atoms with Gasteiger partial charge in [-0.1, -0.05) is 29.8 Å². The minimum Gasteiger partial charge on any atom is -0.369 e. The Morgan fingerprint density at radius 2 is 2.14 bits per heavy atom. The molecule has 1 aliphatic heterocycles. The highest BCUT2D eigenvalue weighted by Gasteiger charge is 2.46.